The summed E-state index contributed by atoms with van der Waals surface area (Å²) in [5.41, 5.74) is 9.06. The Morgan fingerprint density at radius 3 is 2.71 bits per heavy atom. The predicted octanol–water partition coefficient (Wildman–Crippen LogP) is 3.91. The van der Waals surface area contributed by atoms with E-state index in [0.29, 0.717) is 6.61 Å². The van der Waals surface area contributed by atoms with Gasteiger partial charge in [0.1, 0.15) is 18.1 Å². The number of rotatable bonds is 6. The smallest absolute Gasteiger partial charge is 0.140 e. The number of nitrogens with two attached hydrogens (primary N) is 1. The summed E-state index contributed by atoms with van der Waals surface area (Å²) in [6.07, 6.45) is 1.85. The number of halogens is 1. The van der Waals surface area contributed by atoms with E-state index in [-0.39, 0.29) is 6.04 Å². The van der Waals surface area contributed by atoms with Gasteiger partial charge in [0.15, 0.2) is 0 Å². The maximum atomic E-state index is 5.99. The van der Waals surface area contributed by atoms with E-state index in [4.69, 9.17) is 15.0 Å². The molecule has 4 nitrogen and oxygen atoms in total. The molecule has 2 N–H and O–H groups in total. The summed E-state index contributed by atoms with van der Waals surface area (Å²) in [5.74, 6) is 1.61. The zero-order valence-electron chi connectivity index (χ0n) is 12.6. The van der Waals surface area contributed by atoms with Crippen molar-refractivity contribution in [1.29, 1.82) is 0 Å². The van der Waals surface area contributed by atoms with Crippen LogP contribution in [-0.2, 0) is 13.0 Å². The summed E-state index contributed by atoms with van der Waals surface area (Å²) < 4.78 is 11.9. The average Bonchev–Trinajstić information content (AvgIpc) is 2.77. The van der Waals surface area contributed by atoms with Gasteiger partial charge in [-0.05, 0) is 60.3 Å². The fraction of sp³-hybridized carbons (Fsp3) is 0.438. The van der Waals surface area contributed by atoms with E-state index in [9.17, 15) is 0 Å². The van der Waals surface area contributed by atoms with Gasteiger partial charge in [-0.15, -0.1) is 0 Å². The molecule has 114 valence electrons. The maximum absolute atomic E-state index is 5.99. The summed E-state index contributed by atoms with van der Waals surface area (Å²) in [6.45, 7) is 6.36. The standard InChI is InChI=1S/C16H21BrN2O2/c1-4-13(18)7-12-5-6-16(15(17)8-12)20-9-14-10(2)19-21-11(14)3/h5-6,8,13H,4,7,9,18H2,1-3H3. The molecule has 2 rings (SSSR count). The molecular weight excluding hydrogens is 332 g/mol. The van der Waals surface area contributed by atoms with Gasteiger partial charge >= 0.3 is 0 Å². The van der Waals surface area contributed by atoms with Gasteiger partial charge in [0.05, 0.1) is 15.7 Å². The molecule has 1 unspecified atom stereocenters. The minimum Gasteiger partial charge on any atom is -0.488 e. The Morgan fingerprint density at radius 2 is 2.14 bits per heavy atom. The lowest BCUT2D eigenvalue weighted by Crippen LogP contribution is -2.21. The van der Waals surface area contributed by atoms with Crippen LogP contribution in [0.4, 0.5) is 0 Å². The van der Waals surface area contributed by atoms with Crippen LogP contribution >= 0.6 is 15.9 Å². The second-order valence-electron chi connectivity index (χ2n) is 5.23. The largest absolute Gasteiger partial charge is 0.488 e. The molecule has 1 aromatic carbocycles. The molecule has 1 heterocycles. The highest BCUT2D eigenvalue weighted by Crippen LogP contribution is 2.28. The van der Waals surface area contributed by atoms with Crippen LogP contribution < -0.4 is 10.5 Å². The van der Waals surface area contributed by atoms with Crippen LogP contribution in [-0.4, -0.2) is 11.2 Å². The summed E-state index contributed by atoms with van der Waals surface area (Å²) >= 11 is 3.56. The third kappa shape index (κ3) is 4.08. The van der Waals surface area contributed by atoms with E-state index in [1.807, 2.05) is 19.9 Å². The van der Waals surface area contributed by atoms with Crippen molar-refractivity contribution < 1.29 is 9.26 Å². The number of aryl methyl sites for hydroxylation is 2. The molecule has 0 amide bonds. The van der Waals surface area contributed by atoms with E-state index >= 15 is 0 Å². The van der Waals surface area contributed by atoms with Crippen molar-refractivity contribution in [3.8, 4) is 5.75 Å². The van der Waals surface area contributed by atoms with E-state index in [0.717, 1.165) is 40.1 Å². The van der Waals surface area contributed by atoms with Gasteiger partial charge in [0, 0.05) is 6.04 Å². The van der Waals surface area contributed by atoms with Gasteiger partial charge in [-0.1, -0.05) is 18.1 Å². The van der Waals surface area contributed by atoms with Crippen molar-refractivity contribution >= 4 is 15.9 Å². The lowest BCUT2D eigenvalue weighted by Gasteiger charge is -2.12. The normalized spacial score (nSPS) is 12.4. The van der Waals surface area contributed by atoms with Crippen molar-refractivity contribution in [2.45, 2.75) is 46.3 Å². The monoisotopic (exact) mass is 352 g/mol. The van der Waals surface area contributed by atoms with Crippen molar-refractivity contribution in [3.05, 3.63) is 45.3 Å². The lowest BCUT2D eigenvalue weighted by molar-refractivity contribution is 0.299. The fourth-order valence-corrected chi connectivity index (χ4v) is 2.63. The number of hydrogen-bond acceptors (Lipinski definition) is 4. The first-order chi connectivity index (χ1) is 10.0. The molecule has 0 saturated heterocycles. The minimum atomic E-state index is 0.200. The zero-order chi connectivity index (χ0) is 15.4. The van der Waals surface area contributed by atoms with Gasteiger partial charge in [-0.25, -0.2) is 0 Å². The van der Waals surface area contributed by atoms with E-state index in [1.54, 1.807) is 0 Å². The zero-order valence-corrected chi connectivity index (χ0v) is 14.2. The molecule has 1 atom stereocenters. The molecule has 0 bridgehead atoms. The maximum Gasteiger partial charge on any atom is 0.140 e. The minimum absolute atomic E-state index is 0.200. The first kappa shape index (κ1) is 16.0. The second-order valence-corrected chi connectivity index (χ2v) is 6.08. The van der Waals surface area contributed by atoms with Crippen molar-refractivity contribution in [2.24, 2.45) is 5.73 Å². The van der Waals surface area contributed by atoms with E-state index in [1.165, 1.54) is 5.56 Å². The Morgan fingerprint density at radius 1 is 1.38 bits per heavy atom. The molecule has 0 fully saturated rings. The summed E-state index contributed by atoms with van der Waals surface area (Å²) in [6, 6.07) is 6.30. The first-order valence-corrected chi connectivity index (χ1v) is 7.89. The summed E-state index contributed by atoms with van der Waals surface area (Å²) in [7, 11) is 0. The van der Waals surface area contributed by atoms with Gasteiger partial charge in [0.25, 0.3) is 0 Å². The third-order valence-corrected chi connectivity index (χ3v) is 4.19. The topological polar surface area (TPSA) is 61.3 Å². The molecule has 0 spiro atoms. The molecular formula is C16H21BrN2O2. The summed E-state index contributed by atoms with van der Waals surface area (Å²) in [4.78, 5) is 0. The highest BCUT2D eigenvalue weighted by atomic mass is 79.9. The van der Waals surface area contributed by atoms with Gasteiger partial charge in [-0.3, -0.25) is 0 Å². The molecule has 21 heavy (non-hydrogen) atoms. The molecule has 0 aliphatic carbocycles. The molecule has 1 aromatic heterocycles. The van der Waals surface area contributed by atoms with Crippen LogP contribution in [0.1, 0.15) is 35.9 Å². The van der Waals surface area contributed by atoms with Crippen molar-refractivity contribution in [2.75, 3.05) is 0 Å². The first-order valence-electron chi connectivity index (χ1n) is 7.09. The van der Waals surface area contributed by atoms with Crippen LogP contribution in [0.2, 0.25) is 0 Å². The van der Waals surface area contributed by atoms with Gasteiger partial charge in [-0.2, -0.15) is 0 Å². The number of benzene rings is 1. The lowest BCUT2D eigenvalue weighted by atomic mass is 10.0. The Kier molecular flexibility index (Phi) is 5.42. The predicted molar refractivity (Wildman–Crippen MR) is 86.4 cm³/mol. The number of nitrogens with zero attached hydrogens (tertiary/aromatic N) is 1. The number of aromatic nitrogens is 1. The quantitative estimate of drug-likeness (QED) is 0.855. The summed E-state index contributed by atoms with van der Waals surface area (Å²) in [5, 5.41) is 3.93. The van der Waals surface area contributed by atoms with Crippen LogP contribution in [0.5, 0.6) is 5.75 Å². The van der Waals surface area contributed by atoms with Gasteiger partial charge in [0.2, 0.25) is 0 Å². The number of hydrogen-bond donors (Lipinski definition) is 1. The van der Waals surface area contributed by atoms with Crippen LogP contribution in [0.15, 0.2) is 27.2 Å². The molecule has 5 heteroatoms. The highest BCUT2D eigenvalue weighted by Gasteiger charge is 2.11. The Balaban J connectivity index is 2.04. The highest BCUT2D eigenvalue weighted by molar-refractivity contribution is 9.10. The van der Waals surface area contributed by atoms with Crippen LogP contribution in [0, 0.1) is 13.8 Å². The molecule has 0 radical (unpaired) electrons. The molecule has 0 aliphatic rings. The van der Waals surface area contributed by atoms with E-state index in [2.05, 4.69) is 40.1 Å². The van der Waals surface area contributed by atoms with E-state index < -0.39 is 0 Å². The average molecular weight is 353 g/mol. The number of ether oxygens (including phenoxy) is 1. The fourth-order valence-electron chi connectivity index (χ4n) is 2.09. The Bertz CT molecular complexity index is 591. The molecule has 0 saturated carbocycles. The SMILES string of the molecule is CCC(N)Cc1ccc(OCc2c(C)noc2C)c(Br)c1. The second kappa shape index (κ2) is 7.09. The molecule has 2 aromatic rings. The Hall–Kier alpha value is -1.33. The third-order valence-electron chi connectivity index (χ3n) is 3.57. The molecule has 0 aliphatic heterocycles. The van der Waals surface area contributed by atoms with Crippen LogP contribution in [0.25, 0.3) is 0 Å². The Labute approximate surface area is 133 Å². The van der Waals surface area contributed by atoms with Crippen LogP contribution in [0.3, 0.4) is 0 Å². The van der Waals surface area contributed by atoms with Crippen molar-refractivity contribution in [1.82, 2.24) is 5.16 Å². The van der Waals surface area contributed by atoms with Crippen molar-refractivity contribution in [3.63, 3.8) is 0 Å². The van der Waals surface area contributed by atoms with Gasteiger partial charge < -0.3 is 15.0 Å².